The standard InChI is InChI=1S/C37H64N4O8/c1-12-28-37(8,45)30(38-13-2)24(5)41(11)21-22(3)19-36(7)32(23(4)31(43)35(6,16-17-46-36)34(44)48-28)49-33-29(42)27(40(9)10)18-26(47-33)20-39-25-14-15-25/h2,22-30,32-33,38-39,42,45H,12,14-21H2,1,3-11H3/t22-,23+,24-,26+,27+,28-,29-,30-,32-,33+,35+,36+,37-/m1/s1. The Hall–Kier alpha value is -1.82. The fourth-order valence-corrected chi connectivity index (χ4v) is 8.50. The summed E-state index contributed by atoms with van der Waals surface area (Å²) in [4.78, 5) is 33.0. The normalized spacial score (nSPS) is 44.8. The predicted molar refractivity (Wildman–Crippen MR) is 186 cm³/mol. The lowest BCUT2D eigenvalue weighted by Gasteiger charge is -2.49. The van der Waals surface area contributed by atoms with Gasteiger partial charge in [-0.05, 0) is 93.3 Å². The molecular formula is C37H64N4O8. The molecule has 0 amide bonds. The third-order valence-corrected chi connectivity index (χ3v) is 11.8. The number of terminal acetylenes is 1. The lowest BCUT2D eigenvalue weighted by atomic mass is 9.70. The number of likely N-dealkylation sites (N-methyl/N-ethyl adjacent to an activating group) is 2. The quantitative estimate of drug-likeness (QED) is 0.128. The second-order valence-electron chi connectivity index (χ2n) is 16.3. The third kappa shape index (κ3) is 8.63. The summed E-state index contributed by atoms with van der Waals surface area (Å²) in [6.45, 7) is 14.3. The number of carbonyl (C=O) groups is 2. The molecule has 2 bridgehead atoms. The highest BCUT2D eigenvalue weighted by Gasteiger charge is 2.56. The van der Waals surface area contributed by atoms with E-state index >= 15 is 0 Å². The first-order valence-corrected chi connectivity index (χ1v) is 18.3. The van der Waals surface area contributed by atoms with Gasteiger partial charge in [-0.2, -0.15) is 0 Å². The maximum absolute atomic E-state index is 14.7. The Kier molecular flexibility index (Phi) is 12.9. The predicted octanol–water partition coefficient (Wildman–Crippen LogP) is 1.90. The third-order valence-electron chi connectivity index (χ3n) is 11.8. The smallest absolute Gasteiger partial charge is 0.319 e. The minimum atomic E-state index is -1.58. The maximum Gasteiger partial charge on any atom is 0.319 e. The zero-order valence-electron chi connectivity index (χ0n) is 31.5. The van der Waals surface area contributed by atoms with Crippen molar-refractivity contribution in [1.82, 2.24) is 20.4 Å². The molecule has 1 aliphatic carbocycles. The fraction of sp³-hybridized carbons (Fsp3) is 0.892. The van der Waals surface area contributed by atoms with Gasteiger partial charge in [-0.1, -0.05) is 27.2 Å². The van der Waals surface area contributed by atoms with Crippen LogP contribution in [0, 0.1) is 29.7 Å². The van der Waals surface area contributed by atoms with Gasteiger partial charge in [0.15, 0.2) is 12.1 Å². The van der Waals surface area contributed by atoms with E-state index in [1.165, 1.54) is 0 Å². The second kappa shape index (κ2) is 15.8. The zero-order valence-corrected chi connectivity index (χ0v) is 31.5. The molecule has 12 heteroatoms. The van der Waals surface area contributed by atoms with Gasteiger partial charge < -0.3 is 49.6 Å². The molecule has 5 aliphatic rings. The van der Waals surface area contributed by atoms with Gasteiger partial charge in [0.05, 0.1) is 23.9 Å². The van der Waals surface area contributed by atoms with Gasteiger partial charge in [-0.3, -0.25) is 9.59 Å². The van der Waals surface area contributed by atoms with Crippen molar-refractivity contribution in [3.63, 3.8) is 0 Å². The number of nitrogens with one attached hydrogen (secondary N) is 2. The molecule has 4 N–H and O–H groups in total. The number of hydrogen-bond acceptors (Lipinski definition) is 12. The minimum absolute atomic E-state index is 0.0419. The number of esters is 1. The van der Waals surface area contributed by atoms with Crippen LogP contribution in [-0.4, -0.2) is 139 Å². The summed E-state index contributed by atoms with van der Waals surface area (Å²) < 4.78 is 26.1. The number of fused-ring (bicyclic) bond motifs is 13. The topological polar surface area (TPSA) is 142 Å². The Bertz CT molecular complexity index is 1190. The van der Waals surface area contributed by atoms with Crippen molar-refractivity contribution in [1.29, 1.82) is 0 Å². The number of aliphatic hydroxyl groups excluding tert-OH is 1. The number of ether oxygens (including phenoxy) is 4. The monoisotopic (exact) mass is 692 g/mol. The number of aliphatic hydroxyl groups is 2. The molecule has 13 atom stereocenters. The van der Waals surface area contributed by atoms with Crippen molar-refractivity contribution in [3.05, 3.63) is 0 Å². The Morgan fingerprint density at radius 1 is 1.16 bits per heavy atom. The molecule has 5 fully saturated rings. The average Bonchev–Trinajstić information content (AvgIpc) is 3.87. The van der Waals surface area contributed by atoms with E-state index in [1.54, 1.807) is 20.8 Å². The number of ketones is 1. The summed E-state index contributed by atoms with van der Waals surface area (Å²) in [5.74, 6) is -1.84. The van der Waals surface area contributed by atoms with Crippen LogP contribution in [0.15, 0.2) is 0 Å². The molecule has 4 aliphatic heterocycles. The van der Waals surface area contributed by atoms with E-state index in [4.69, 9.17) is 25.4 Å². The number of rotatable bonds is 8. The van der Waals surface area contributed by atoms with Gasteiger partial charge in [0, 0.05) is 49.8 Å². The first-order chi connectivity index (χ1) is 22.9. The molecule has 49 heavy (non-hydrogen) atoms. The van der Waals surface area contributed by atoms with Crippen molar-refractivity contribution < 1.29 is 38.7 Å². The lowest BCUT2D eigenvalue weighted by molar-refractivity contribution is -0.301. The van der Waals surface area contributed by atoms with Gasteiger partial charge in [0.25, 0.3) is 0 Å². The van der Waals surface area contributed by atoms with E-state index in [-0.39, 0.29) is 42.9 Å². The van der Waals surface area contributed by atoms with E-state index in [9.17, 15) is 19.8 Å². The highest BCUT2D eigenvalue weighted by atomic mass is 16.7. The Morgan fingerprint density at radius 2 is 1.84 bits per heavy atom. The van der Waals surface area contributed by atoms with Crippen LogP contribution < -0.4 is 10.6 Å². The Labute approximate surface area is 294 Å². The van der Waals surface area contributed by atoms with Crippen molar-refractivity contribution in [2.24, 2.45) is 17.3 Å². The van der Waals surface area contributed by atoms with Crippen LogP contribution in [0.5, 0.6) is 0 Å². The van der Waals surface area contributed by atoms with Gasteiger partial charge in [-0.15, -0.1) is 0 Å². The van der Waals surface area contributed by atoms with Gasteiger partial charge >= 0.3 is 5.97 Å². The molecular weight excluding hydrogens is 628 g/mol. The minimum Gasteiger partial charge on any atom is -0.458 e. The van der Waals surface area contributed by atoms with E-state index in [0.29, 0.717) is 38.4 Å². The molecule has 0 aromatic rings. The van der Waals surface area contributed by atoms with Gasteiger partial charge in [0.2, 0.25) is 0 Å². The molecule has 12 nitrogen and oxygen atoms in total. The summed E-state index contributed by atoms with van der Waals surface area (Å²) in [5, 5.41) is 30.2. The largest absolute Gasteiger partial charge is 0.458 e. The summed E-state index contributed by atoms with van der Waals surface area (Å²) in [7, 11) is 5.85. The first-order valence-electron chi connectivity index (χ1n) is 18.3. The summed E-state index contributed by atoms with van der Waals surface area (Å²) in [5.41, 5.74) is -4.12. The van der Waals surface area contributed by atoms with E-state index < -0.39 is 59.1 Å². The lowest BCUT2D eigenvalue weighted by Crippen LogP contribution is -2.64. The van der Waals surface area contributed by atoms with E-state index in [2.05, 4.69) is 28.5 Å². The van der Waals surface area contributed by atoms with Crippen LogP contribution in [0.25, 0.3) is 0 Å². The summed E-state index contributed by atoms with van der Waals surface area (Å²) in [6.07, 6.45) is 5.54. The van der Waals surface area contributed by atoms with E-state index in [1.807, 2.05) is 46.8 Å². The van der Waals surface area contributed by atoms with Crippen LogP contribution in [0.4, 0.5) is 0 Å². The van der Waals surface area contributed by atoms with E-state index in [0.717, 1.165) is 12.8 Å². The van der Waals surface area contributed by atoms with Crippen LogP contribution in [0.1, 0.15) is 87.0 Å². The Morgan fingerprint density at radius 3 is 2.43 bits per heavy atom. The van der Waals surface area contributed by atoms with Gasteiger partial charge in [-0.25, -0.2) is 0 Å². The first kappa shape index (κ1) is 40.0. The van der Waals surface area contributed by atoms with Gasteiger partial charge in [0.1, 0.15) is 23.2 Å². The van der Waals surface area contributed by atoms with Crippen molar-refractivity contribution >= 4 is 11.8 Å². The molecule has 280 valence electrons. The van der Waals surface area contributed by atoms with Crippen LogP contribution >= 0.6 is 0 Å². The summed E-state index contributed by atoms with van der Waals surface area (Å²) in [6, 6.07) is 1.84. The molecule has 0 spiro atoms. The van der Waals surface area contributed by atoms with Crippen LogP contribution in [0.3, 0.4) is 0 Å². The fourth-order valence-electron chi connectivity index (χ4n) is 8.50. The molecule has 0 unspecified atom stereocenters. The summed E-state index contributed by atoms with van der Waals surface area (Å²) >= 11 is 0. The average molecular weight is 693 g/mol. The molecule has 5 rings (SSSR count). The molecule has 4 heterocycles. The second-order valence-corrected chi connectivity index (χ2v) is 16.3. The number of hydrogen-bond donors (Lipinski definition) is 4. The van der Waals surface area contributed by atoms with Crippen molar-refractivity contribution in [2.75, 3.05) is 40.8 Å². The highest BCUT2D eigenvalue weighted by Crippen LogP contribution is 2.43. The Balaban J connectivity index is 1.75. The SMILES string of the molecule is C#CN[C@@H]1[C@@H](C)N(C)C[C@H](C)C[C@]2(C)OCC[C@](C)(C(=O)O[C@H](CC)[C@@]1(C)O)C(=O)[C@H](C)[C@H]2O[C@@H]1O[C@H](CNC2CC2)C[C@H](N(C)C)[C@H]1O. The van der Waals surface area contributed by atoms with Crippen molar-refractivity contribution in [2.45, 2.75) is 153 Å². The maximum atomic E-state index is 14.7. The molecule has 0 radical (unpaired) electrons. The molecule has 4 saturated heterocycles. The highest BCUT2D eigenvalue weighted by molar-refractivity contribution is 6.04. The number of Topliss-reactive ketones (excluding diaryl/α,β-unsaturated/α-hetero) is 1. The van der Waals surface area contributed by atoms with Crippen LogP contribution in [0.2, 0.25) is 0 Å². The molecule has 0 aromatic heterocycles. The van der Waals surface area contributed by atoms with Crippen LogP contribution in [-0.2, 0) is 28.5 Å². The molecule has 1 saturated carbocycles. The van der Waals surface area contributed by atoms with Crippen molar-refractivity contribution in [3.8, 4) is 12.5 Å². The number of nitrogens with zero attached hydrogens (tertiary/aromatic N) is 2. The zero-order chi connectivity index (χ0) is 36.5. The molecule has 0 aromatic carbocycles. The number of carbonyl (C=O) groups excluding carboxylic acids is 2.